The van der Waals surface area contributed by atoms with Gasteiger partial charge in [-0.1, -0.05) is 57.6 Å². The summed E-state index contributed by atoms with van der Waals surface area (Å²) >= 11 is 0. The average molecular weight is 322 g/mol. The molecule has 3 nitrogen and oxygen atoms in total. The molecule has 1 aromatic carbocycles. The molecule has 1 rings (SSSR count). The fourth-order valence-corrected chi connectivity index (χ4v) is 2.53. The minimum absolute atomic E-state index is 0.218. The molecular formula is C20H34O3. The predicted octanol–water partition coefficient (Wildman–Crippen LogP) is 4.49. The maximum absolute atomic E-state index is 9.72. The Bertz CT molecular complexity index is 413. The SMILES string of the molecule is CCCCCCCCCc1ccc(OC(C)(CO)C(C)O)cc1. The maximum atomic E-state index is 9.72. The van der Waals surface area contributed by atoms with E-state index >= 15 is 0 Å². The lowest BCUT2D eigenvalue weighted by atomic mass is 10.0. The van der Waals surface area contributed by atoms with E-state index in [9.17, 15) is 10.2 Å². The molecule has 0 aliphatic heterocycles. The molecule has 0 amide bonds. The van der Waals surface area contributed by atoms with Gasteiger partial charge in [-0.2, -0.15) is 0 Å². The zero-order valence-corrected chi connectivity index (χ0v) is 15.1. The van der Waals surface area contributed by atoms with Crippen LogP contribution in [0.1, 0.15) is 71.3 Å². The van der Waals surface area contributed by atoms with Crippen LogP contribution >= 0.6 is 0 Å². The van der Waals surface area contributed by atoms with Crippen LogP contribution in [0, 0.1) is 0 Å². The maximum Gasteiger partial charge on any atom is 0.154 e. The van der Waals surface area contributed by atoms with Crippen molar-refractivity contribution in [2.75, 3.05) is 6.61 Å². The van der Waals surface area contributed by atoms with E-state index < -0.39 is 11.7 Å². The summed E-state index contributed by atoms with van der Waals surface area (Å²) in [5.41, 5.74) is 0.355. The van der Waals surface area contributed by atoms with Gasteiger partial charge in [0.1, 0.15) is 5.75 Å². The quantitative estimate of drug-likeness (QED) is 0.557. The molecule has 2 N–H and O–H groups in total. The van der Waals surface area contributed by atoms with Crippen LogP contribution < -0.4 is 4.74 Å². The summed E-state index contributed by atoms with van der Waals surface area (Å²) in [6.45, 7) is 5.37. The molecule has 0 heterocycles. The second-order valence-electron chi connectivity index (χ2n) is 6.76. The molecular weight excluding hydrogens is 288 g/mol. The normalized spacial score (nSPS) is 15.2. The first-order chi connectivity index (χ1) is 11.0. The van der Waals surface area contributed by atoms with E-state index in [1.165, 1.54) is 50.5 Å². The minimum atomic E-state index is -0.958. The number of aryl methyl sites for hydroxylation is 1. The van der Waals surface area contributed by atoms with Gasteiger partial charge in [0.05, 0.1) is 12.7 Å². The smallest absolute Gasteiger partial charge is 0.154 e. The molecule has 3 heteroatoms. The first kappa shape index (κ1) is 20.0. The molecule has 23 heavy (non-hydrogen) atoms. The molecule has 0 aromatic heterocycles. The van der Waals surface area contributed by atoms with Crippen molar-refractivity contribution in [1.82, 2.24) is 0 Å². The zero-order valence-electron chi connectivity index (χ0n) is 15.1. The Labute approximate surface area is 141 Å². The summed E-state index contributed by atoms with van der Waals surface area (Å²) in [4.78, 5) is 0. The van der Waals surface area contributed by atoms with Gasteiger partial charge < -0.3 is 14.9 Å². The summed E-state index contributed by atoms with van der Waals surface area (Å²) in [5, 5.41) is 19.1. The zero-order chi connectivity index (χ0) is 17.1. The predicted molar refractivity (Wildman–Crippen MR) is 95.9 cm³/mol. The number of unbranched alkanes of at least 4 members (excludes halogenated alkanes) is 6. The van der Waals surface area contributed by atoms with Gasteiger partial charge in [0.15, 0.2) is 5.60 Å². The van der Waals surface area contributed by atoms with Crippen LogP contribution in [0.3, 0.4) is 0 Å². The Morgan fingerprint density at radius 2 is 1.57 bits per heavy atom. The Hall–Kier alpha value is -1.06. The fraction of sp³-hybridized carbons (Fsp3) is 0.700. The monoisotopic (exact) mass is 322 g/mol. The largest absolute Gasteiger partial charge is 0.482 e. The minimum Gasteiger partial charge on any atom is -0.482 e. The number of aliphatic hydroxyl groups excluding tert-OH is 2. The summed E-state index contributed by atoms with van der Waals surface area (Å²) in [7, 11) is 0. The number of hydrogen-bond acceptors (Lipinski definition) is 3. The van der Waals surface area contributed by atoms with Gasteiger partial charge in [-0.25, -0.2) is 0 Å². The number of hydrogen-bond donors (Lipinski definition) is 2. The number of aliphatic hydroxyl groups is 2. The topological polar surface area (TPSA) is 49.7 Å². The number of rotatable bonds is 12. The van der Waals surface area contributed by atoms with Crippen LogP contribution in [0.2, 0.25) is 0 Å². The van der Waals surface area contributed by atoms with E-state index in [1.54, 1.807) is 13.8 Å². The van der Waals surface area contributed by atoms with Crippen LogP contribution in [0.4, 0.5) is 0 Å². The molecule has 2 unspecified atom stereocenters. The van der Waals surface area contributed by atoms with Gasteiger partial charge in [-0.15, -0.1) is 0 Å². The molecule has 0 aliphatic carbocycles. The molecule has 0 radical (unpaired) electrons. The van der Waals surface area contributed by atoms with Crippen molar-refractivity contribution in [3.8, 4) is 5.75 Å². The standard InChI is InChI=1S/C20H34O3/c1-4-5-6-7-8-9-10-11-18-12-14-19(15-13-18)23-20(3,16-21)17(2)22/h12-15,17,21-22H,4-11,16H2,1-3H3. The molecule has 0 spiro atoms. The first-order valence-electron chi connectivity index (χ1n) is 9.08. The Balaban J connectivity index is 2.33. The van der Waals surface area contributed by atoms with Gasteiger partial charge in [0.2, 0.25) is 0 Å². The lowest BCUT2D eigenvalue weighted by molar-refractivity contribution is -0.0651. The molecule has 0 saturated carbocycles. The second kappa shape index (κ2) is 10.7. The Kier molecular flexibility index (Phi) is 9.27. The fourth-order valence-electron chi connectivity index (χ4n) is 2.53. The Morgan fingerprint density at radius 1 is 1.00 bits per heavy atom. The molecule has 132 valence electrons. The van der Waals surface area contributed by atoms with E-state index in [1.807, 2.05) is 12.1 Å². The summed E-state index contributed by atoms with van der Waals surface area (Å²) in [6.07, 6.45) is 9.63. The van der Waals surface area contributed by atoms with Gasteiger partial charge in [-0.3, -0.25) is 0 Å². The molecule has 0 bridgehead atoms. The van der Waals surface area contributed by atoms with Crippen molar-refractivity contribution in [2.24, 2.45) is 0 Å². The van der Waals surface area contributed by atoms with Crippen molar-refractivity contribution >= 4 is 0 Å². The lowest BCUT2D eigenvalue weighted by Gasteiger charge is -2.31. The van der Waals surface area contributed by atoms with E-state index in [2.05, 4.69) is 19.1 Å². The molecule has 2 atom stereocenters. The van der Waals surface area contributed by atoms with Gasteiger partial charge in [0.25, 0.3) is 0 Å². The van der Waals surface area contributed by atoms with E-state index in [0.29, 0.717) is 5.75 Å². The summed E-state index contributed by atoms with van der Waals surface area (Å²) in [6, 6.07) is 8.00. The summed E-state index contributed by atoms with van der Waals surface area (Å²) < 4.78 is 5.75. The molecule has 0 fully saturated rings. The van der Waals surface area contributed by atoms with Crippen LogP contribution in [0.15, 0.2) is 24.3 Å². The average Bonchev–Trinajstić information content (AvgIpc) is 2.55. The first-order valence-corrected chi connectivity index (χ1v) is 9.08. The summed E-state index contributed by atoms with van der Waals surface area (Å²) in [5.74, 6) is 0.686. The van der Waals surface area contributed by atoms with Crippen molar-refractivity contribution < 1.29 is 14.9 Å². The van der Waals surface area contributed by atoms with E-state index in [0.717, 1.165) is 6.42 Å². The van der Waals surface area contributed by atoms with Crippen LogP contribution in [-0.4, -0.2) is 28.5 Å². The van der Waals surface area contributed by atoms with Crippen LogP contribution in [0.25, 0.3) is 0 Å². The highest BCUT2D eigenvalue weighted by Crippen LogP contribution is 2.22. The Morgan fingerprint density at radius 3 is 2.09 bits per heavy atom. The van der Waals surface area contributed by atoms with E-state index in [4.69, 9.17) is 4.74 Å². The second-order valence-corrected chi connectivity index (χ2v) is 6.76. The third kappa shape index (κ3) is 7.36. The third-order valence-corrected chi connectivity index (χ3v) is 4.54. The van der Waals surface area contributed by atoms with Gasteiger partial charge >= 0.3 is 0 Å². The number of benzene rings is 1. The molecule has 1 aromatic rings. The van der Waals surface area contributed by atoms with Crippen molar-refractivity contribution in [3.05, 3.63) is 29.8 Å². The van der Waals surface area contributed by atoms with E-state index in [-0.39, 0.29) is 6.61 Å². The van der Waals surface area contributed by atoms with Crippen molar-refractivity contribution in [2.45, 2.75) is 83.8 Å². The van der Waals surface area contributed by atoms with Crippen LogP contribution in [-0.2, 0) is 6.42 Å². The third-order valence-electron chi connectivity index (χ3n) is 4.54. The number of ether oxygens (including phenoxy) is 1. The highest BCUT2D eigenvalue weighted by Gasteiger charge is 2.31. The highest BCUT2D eigenvalue weighted by molar-refractivity contribution is 5.28. The van der Waals surface area contributed by atoms with Crippen molar-refractivity contribution in [3.63, 3.8) is 0 Å². The van der Waals surface area contributed by atoms with Crippen LogP contribution in [0.5, 0.6) is 5.75 Å². The van der Waals surface area contributed by atoms with Gasteiger partial charge in [0, 0.05) is 0 Å². The molecule has 0 saturated heterocycles. The lowest BCUT2D eigenvalue weighted by Crippen LogP contribution is -2.46. The van der Waals surface area contributed by atoms with Crippen molar-refractivity contribution in [1.29, 1.82) is 0 Å². The highest BCUT2D eigenvalue weighted by atomic mass is 16.5. The van der Waals surface area contributed by atoms with Gasteiger partial charge in [-0.05, 0) is 44.4 Å². The molecule has 0 aliphatic rings.